The number of rotatable bonds is 4. The minimum Gasteiger partial charge on any atom is -0.338 e. The molecule has 1 fully saturated rings. The summed E-state index contributed by atoms with van der Waals surface area (Å²) < 4.78 is 5.19. The van der Waals surface area contributed by atoms with Crippen molar-refractivity contribution in [2.24, 2.45) is 5.92 Å². The first-order valence-corrected chi connectivity index (χ1v) is 5.82. The van der Waals surface area contributed by atoms with Gasteiger partial charge in [-0.1, -0.05) is 19.0 Å². The summed E-state index contributed by atoms with van der Waals surface area (Å²) in [7, 11) is 0. The van der Waals surface area contributed by atoms with Crippen molar-refractivity contribution in [2.45, 2.75) is 45.6 Å². The van der Waals surface area contributed by atoms with E-state index in [1.165, 1.54) is 19.3 Å². The molecule has 0 aromatic carbocycles. The monoisotopic (exact) mass is 209 g/mol. The van der Waals surface area contributed by atoms with Crippen LogP contribution in [0.15, 0.2) is 4.52 Å². The van der Waals surface area contributed by atoms with E-state index in [0.717, 1.165) is 18.3 Å². The second kappa shape index (κ2) is 4.75. The molecule has 2 atom stereocenters. The van der Waals surface area contributed by atoms with Gasteiger partial charge in [0.25, 0.3) is 0 Å². The highest BCUT2D eigenvalue weighted by molar-refractivity contribution is 4.98. The molecule has 0 saturated heterocycles. The van der Waals surface area contributed by atoms with E-state index in [1.54, 1.807) is 0 Å². The van der Waals surface area contributed by atoms with Crippen molar-refractivity contribution in [1.29, 1.82) is 0 Å². The van der Waals surface area contributed by atoms with Gasteiger partial charge in [-0.3, -0.25) is 0 Å². The lowest BCUT2D eigenvalue weighted by Crippen LogP contribution is -2.12. The summed E-state index contributed by atoms with van der Waals surface area (Å²) in [6.45, 7) is 5.97. The van der Waals surface area contributed by atoms with E-state index in [0.29, 0.717) is 18.4 Å². The highest BCUT2D eigenvalue weighted by Gasteiger charge is 2.26. The van der Waals surface area contributed by atoms with Crippen molar-refractivity contribution in [3.8, 4) is 0 Å². The van der Waals surface area contributed by atoms with Gasteiger partial charge in [-0.15, -0.1) is 0 Å². The van der Waals surface area contributed by atoms with Crippen LogP contribution in [0.2, 0.25) is 0 Å². The van der Waals surface area contributed by atoms with Gasteiger partial charge in [-0.05, 0) is 31.7 Å². The van der Waals surface area contributed by atoms with Gasteiger partial charge in [0.2, 0.25) is 5.89 Å². The van der Waals surface area contributed by atoms with Crippen molar-refractivity contribution >= 4 is 0 Å². The van der Waals surface area contributed by atoms with E-state index in [1.807, 2.05) is 0 Å². The van der Waals surface area contributed by atoms with E-state index in [2.05, 4.69) is 29.3 Å². The summed E-state index contributed by atoms with van der Waals surface area (Å²) in [6.07, 6.45) is 3.71. The summed E-state index contributed by atoms with van der Waals surface area (Å²) in [4.78, 5) is 4.42. The van der Waals surface area contributed by atoms with Crippen molar-refractivity contribution in [3.05, 3.63) is 11.7 Å². The predicted octanol–water partition coefficient (Wildman–Crippen LogP) is 2.08. The van der Waals surface area contributed by atoms with Gasteiger partial charge in [0.05, 0.1) is 6.54 Å². The van der Waals surface area contributed by atoms with Crippen LogP contribution in [-0.2, 0) is 6.54 Å². The first-order valence-electron chi connectivity index (χ1n) is 5.82. The highest BCUT2D eigenvalue weighted by Crippen LogP contribution is 2.36. The Morgan fingerprint density at radius 1 is 1.47 bits per heavy atom. The molecule has 84 valence electrons. The van der Waals surface area contributed by atoms with Crippen LogP contribution in [0.1, 0.15) is 50.7 Å². The molecule has 1 N–H and O–H groups in total. The van der Waals surface area contributed by atoms with Crippen LogP contribution in [0, 0.1) is 5.92 Å². The van der Waals surface area contributed by atoms with Crippen LogP contribution in [0.25, 0.3) is 0 Å². The fourth-order valence-corrected chi connectivity index (χ4v) is 2.18. The standard InChI is InChI=1S/C11H19N3O/c1-3-12-7-10-13-11(14-15-10)9-5-4-8(2)6-9/h8-9,12H,3-7H2,1-2H3. The summed E-state index contributed by atoms with van der Waals surface area (Å²) in [5.74, 6) is 2.96. The maximum atomic E-state index is 5.19. The largest absolute Gasteiger partial charge is 0.338 e. The van der Waals surface area contributed by atoms with Crippen LogP contribution in [0.3, 0.4) is 0 Å². The van der Waals surface area contributed by atoms with Crippen molar-refractivity contribution in [2.75, 3.05) is 6.54 Å². The summed E-state index contributed by atoms with van der Waals surface area (Å²) in [6, 6.07) is 0. The quantitative estimate of drug-likeness (QED) is 0.825. The van der Waals surface area contributed by atoms with E-state index >= 15 is 0 Å². The minimum absolute atomic E-state index is 0.527. The predicted molar refractivity (Wildman–Crippen MR) is 57.4 cm³/mol. The van der Waals surface area contributed by atoms with Crippen molar-refractivity contribution in [1.82, 2.24) is 15.5 Å². The van der Waals surface area contributed by atoms with Gasteiger partial charge in [0.1, 0.15) is 0 Å². The molecule has 2 rings (SSSR count). The zero-order valence-corrected chi connectivity index (χ0v) is 9.49. The fraction of sp³-hybridized carbons (Fsp3) is 0.818. The van der Waals surface area contributed by atoms with Crippen molar-refractivity contribution in [3.63, 3.8) is 0 Å². The van der Waals surface area contributed by atoms with Gasteiger partial charge < -0.3 is 9.84 Å². The topological polar surface area (TPSA) is 51.0 Å². The van der Waals surface area contributed by atoms with Crippen LogP contribution >= 0.6 is 0 Å². The zero-order valence-electron chi connectivity index (χ0n) is 9.49. The Morgan fingerprint density at radius 3 is 3.00 bits per heavy atom. The molecular weight excluding hydrogens is 190 g/mol. The lowest BCUT2D eigenvalue weighted by atomic mass is 10.1. The molecule has 1 aromatic rings. The lowest BCUT2D eigenvalue weighted by molar-refractivity contribution is 0.361. The molecule has 0 spiro atoms. The molecule has 4 heteroatoms. The summed E-state index contributed by atoms with van der Waals surface area (Å²) in [5.41, 5.74) is 0. The zero-order chi connectivity index (χ0) is 10.7. The Balaban J connectivity index is 1.94. The molecule has 15 heavy (non-hydrogen) atoms. The molecule has 1 saturated carbocycles. The average Bonchev–Trinajstić information content (AvgIpc) is 2.83. The normalized spacial score (nSPS) is 26.0. The molecule has 0 radical (unpaired) electrons. The van der Waals surface area contributed by atoms with Crippen LogP contribution in [0.4, 0.5) is 0 Å². The van der Waals surface area contributed by atoms with E-state index < -0.39 is 0 Å². The van der Waals surface area contributed by atoms with Crippen molar-refractivity contribution < 1.29 is 4.52 Å². The first-order chi connectivity index (χ1) is 7.29. The average molecular weight is 209 g/mol. The van der Waals surface area contributed by atoms with E-state index in [9.17, 15) is 0 Å². The third-order valence-corrected chi connectivity index (χ3v) is 3.07. The second-order valence-electron chi connectivity index (χ2n) is 4.44. The highest BCUT2D eigenvalue weighted by atomic mass is 16.5. The van der Waals surface area contributed by atoms with E-state index in [-0.39, 0.29) is 0 Å². The summed E-state index contributed by atoms with van der Waals surface area (Å²) >= 11 is 0. The Morgan fingerprint density at radius 2 is 2.33 bits per heavy atom. The number of hydrogen-bond donors (Lipinski definition) is 1. The van der Waals surface area contributed by atoms with E-state index in [4.69, 9.17) is 4.52 Å². The molecule has 0 amide bonds. The number of nitrogens with one attached hydrogen (secondary N) is 1. The number of aromatic nitrogens is 2. The van der Waals surface area contributed by atoms with Gasteiger partial charge >= 0.3 is 0 Å². The summed E-state index contributed by atoms with van der Waals surface area (Å²) in [5, 5.41) is 7.24. The second-order valence-corrected chi connectivity index (χ2v) is 4.44. The molecular formula is C11H19N3O. The molecule has 4 nitrogen and oxygen atoms in total. The first kappa shape index (κ1) is 10.6. The van der Waals surface area contributed by atoms with Gasteiger partial charge in [-0.2, -0.15) is 4.98 Å². The molecule has 1 aromatic heterocycles. The third-order valence-electron chi connectivity index (χ3n) is 3.07. The number of nitrogens with zero attached hydrogens (tertiary/aromatic N) is 2. The Kier molecular flexibility index (Phi) is 3.36. The number of hydrogen-bond acceptors (Lipinski definition) is 4. The maximum Gasteiger partial charge on any atom is 0.240 e. The Hall–Kier alpha value is -0.900. The Labute approximate surface area is 90.4 Å². The van der Waals surface area contributed by atoms with Gasteiger partial charge in [-0.25, -0.2) is 0 Å². The minimum atomic E-state index is 0.527. The van der Waals surface area contributed by atoms with Crippen LogP contribution in [0.5, 0.6) is 0 Å². The van der Waals surface area contributed by atoms with Gasteiger partial charge in [0.15, 0.2) is 5.82 Å². The van der Waals surface area contributed by atoms with Crippen LogP contribution < -0.4 is 5.32 Å². The molecule has 1 heterocycles. The maximum absolute atomic E-state index is 5.19. The molecule has 0 aliphatic heterocycles. The third kappa shape index (κ3) is 2.56. The molecule has 1 aliphatic rings. The SMILES string of the molecule is CCNCc1nc(C2CCC(C)C2)no1. The van der Waals surface area contributed by atoms with Crippen LogP contribution in [-0.4, -0.2) is 16.7 Å². The Bertz CT molecular complexity index is 311. The fourth-order valence-electron chi connectivity index (χ4n) is 2.18. The molecule has 2 unspecified atom stereocenters. The smallest absolute Gasteiger partial charge is 0.240 e. The van der Waals surface area contributed by atoms with Gasteiger partial charge in [0, 0.05) is 5.92 Å². The molecule has 0 bridgehead atoms. The lowest BCUT2D eigenvalue weighted by Gasteiger charge is -2.01. The molecule has 1 aliphatic carbocycles.